The molecule has 0 radical (unpaired) electrons. The third kappa shape index (κ3) is 1.59. The van der Waals surface area contributed by atoms with Crippen LogP contribution in [-0.4, -0.2) is 18.9 Å². The van der Waals surface area contributed by atoms with E-state index in [4.69, 9.17) is 4.52 Å². The van der Waals surface area contributed by atoms with Gasteiger partial charge in [-0.05, 0) is 18.1 Å². The van der Waals surface area contributed by atoms with E-state index in [0.29, 0.717) is 5.41 Å². The Bertz CT molecular complexity index is 444. The van der Waals surface area contributed by atoms with E-state index in [1.54, 1.807) is 11.1 Å². The molecule has 0 N–H and O–H groups in total. The van der Waals surface area contributed by atoms with E-state index in [1.165, 1.54) is 18.5 Å². The summed E-state index contributed by atoms with van der Waals surface area (Å²) < 4.78 is 6.26. The van der Waals surface area contributed by atoms with Gasteiger partial charge in [-0.25, -0.2) is 4.52 Å². The van der Waals surface area contributed by atoms with E-state index in [0.717, 1.165) is 12.5 Å². The highest BCUT2D eigenvalue weighted by Crippen LogP contribution is 2.75. The van der Waals surface area contributed by atoms with Gasteiger partial charge in [-0.3, -0.25) is 0 Å². The van der Waals surface area contributed by atoms with Gasteiger partial charge in [-0.2, -0.15) is 0 Å². The lowest BCUT2D eigenvalue weighted by Gasteiger charge is -2.34. The lowest BCUT2D eigenvalue weighted by molar-refractivity contribution is 0.361. The summed E-state index contributed by atoms with van der Waals surface area (Å²) in [7, 11) is -1.15. The van der Waals surface area contributed by atoms with Crippen LogP contribution in [0.4, 0.5) is 0 Å². The molecule has 0 spiro atoms. The van der Waals surface area contributed by atoms with Crippen LogP contribution in [0.15, 0.2) is 24.3 Å². The third-order valence-corrected chi connectivity index (χ3v) is 8.97. The Hall–Kier alpha value is -0.390. The summed E-state index contributed by atoms with van der Waals surface area (Å²) in [6.45, 7) is 7.91. The van der Waals surface area contributed by atoms with Crippen LogP contribution in [0, 0.1) is 5.92 Å². The fraction of sp³-hybridized carbons (Fsp3) is 0.600. The quantitative estimate of drug-likeness (QED) is 0.718. The molecule has 3 atom stereocenters. The molecule has 0 amide bonds. The first-order valence-electron chi connectivity index (χ1n) is 6.69. The molecule has 92 valence electrons. The highest BCUT2D eigenvalue weighted by molar-refractivity contribution is 7.71. The molecule has 1 saturated heterocycles. The van der Waals surface area contributed by atoms with Crippen molar-refractivity contribution in [2.24, 2.45) is 5.92 Å². The van der Waals surface area contributed by atoms with Gasteiger partial charge in [0, 0.05) is 11.3 Å². The average Bonchev–Trinajstić information content (AvgIpc) is 2.48. The number of rotatable bonds is 2. The summed E-state index contributed by atoms with van der Waals surface area (Å²) in [4.78, 5) is 0. The van der Waals surface area contributed by atoms with Crippen molar-refractivity contribution in [1.29, 1.82) is 0 Å². The van der Waals surface area contributed by atoms with Crippen LogP contribution in [0.25, 0.3) is 0 Å². The Labute approximate surface area is 105 Å². The molecule has 17 heavy (non-hydrogen) atoms. The number of benzene rings is 1. The first kappa shape index (κ1) is 11.7. The van der Waals surface area contributed by atoms with Crippen molar-refractivity contribution in [1.82, 2.24) is 0 Å². The molecule has 2 aliphatic rings. The average molecular weight is 249 g/mol. The Morgan fingerprint density at radius 3 is 2.94 bits per heavy atom. The normalized spacial score (nSPS) is 39.1. The van der Waals surface area contributed by atoms with E-state index in [1.807, 2.05) is 0 Å². The molecule has 1 aromatic carbocycles. The summed E-state index contributed by atoms with van der Waals surface area (Å²) in [5.74, 6) is 0.769. The van der Waals surface area contributed by atoms with Gasteiger partial charge >= 0.3 is 0 Å². The van der Waals surface area contributed by atoms with Gasteiger partial charge in [-0.15, -0.1) is 0 Å². The minimum absolute atomic E-state index is 0.373. The summed E-state index contributed by atoms with van der Waals surface area (Å²) >= 11 is 0. The van der Waals surface area contributed by atoms with E-state index >= 15 is 0 Å². The number of hydrogen-bond donors (Lipinski definition) is 0. The van der Waals surface area contributed by atoms with Gasteiger partial charge in [-0.1, -0.05) is 38.1 Å². The molecule has 2 bridgehead atoms. The third-order valence-electron chi connectivity index (χ3n) is 4.80. The number of fused-ring (bicyclic) bond motifs is 4. The molecule has 3 rings (SSSR count). The summed E-state index contributed by atoms with van der Waals surface area (Å²) in [5, 5.41) is 0. The zero-order chi connectivity index (χ0) is 12.1. The van der Waals surface area contributed by atoms with Gasteiger partial charge < -0.3 is 0 Å². The largest absolute Gasteiger partial charge is 0.238 e. The van der Waals surface area contributed by atoms with Gasteiger partial charge in [0.2, 0.25) is 0 Å². The summed E-state index contributed by atoms with van der Waals surface area (Å²) in [6.07, 6.45) is 3.86. The summed E-state index contributed by atoms with van der Waals surface area (Å²) in [6, 6.07) is 9.04. The van der Waals surface area contributed by atoms with Gasteiger partial charge in [0.1, 0.15) is 6.16 Å². The fourth-order valence-electron chi connectivity index (χ4n) is 3.93. The fourth-order valence-corrected chi connectivity index (χ4v) is 9.12. The second kappa shape index (κ2) is 3.80. The Morgan fingerprint density at radius 1 is 1.41 bits per heavy atom. The lowest BCUT2D eigenvalue weighted by atomic mass is 9.73. The maximum absolute atomic E-state index is 6.26. The van der Waals surface area contributed by atoms with Crippen molar-refractivity contribution in [3.63, 3.8) is 0 Å². The van der Waals surface area contributed by atoms with E-state index in [2.05, 4.69) is 45.0 Å². The van der Waals surface area contributed by atoms with Gasteiger partial charge in [0.25, 0.3) is 0 Å². The summed E-state index contributed by atoms with van der Waals surface area (Å²) in [5.41, 5.74) is 3.53. The molecule has 1 aromatic rings. The minimum Gasteiger partial charge on any atom is -0.238 e. The lowest BCUT2D eigenvalue weighted by Crippen LogP contribution is -2.32. The van der Waals surface area contributed by atoms with Crippen molar-refractivity contribution in [2.75, 3.05) is 18.9 Å². The van der Waals surface area contributed by atoms with Crippen LogP contribution in [-0.2, 0) is 16.1 Å². The van der Waals surface area contributed by atoms with Crippen LogP contribution in [0.1, 0.15) is 31.9 Å². The molecule has 0 aromatic heterocycles. The Balaban J connectivity index is 2.11. The van der Waals surface area contributed by atoms with Crippen LogP contribution in [0.2, 0.25) is 0 Å². The topological polar surface area (TPSA) is 9.23 Å². The molecule has 2 heteroatoms. The maximum Gasteiger partial charge on any atom is 0.151 e. The molecular weight excluding hydrogens is 227 g/mol. The molecule has 1 nitrogen and oxygen atoms in total. The second-order valence-corrected chi connectivity index (χ2v) is 9.32. The van der Waals surface area contributed by atoms with Crippen molar-refractivity contribution in [2.45, 2.75) is 32.3 Å². The highest BCUT2D eigenvalue weighted by atomic mass is 31.2. The van der Waals surface area contributed by atoms with Crippen molar-refractivity contribution >= 4 is 7.49 Å². The maximum atomic E-state index is 6.26. The molecule has 3 unspecified atom stereocenters. The monoisotopic (exact) mass is 249 g/mol. The standard InChI is InChI=1S/C15H22OP/c1-4-16-17-9-12(2)15(3,11-17)14-8-6-5-7-13(14)10-17/h5-8,12H,4,9-11H2,1-3H3/q+1. The Morgan fingerprint density at radius 2 is 2.18 bits per heavy atom. The van der Waals surface area contributed by atoms with E-state index in [9.17, 15) is 0 Å². The zero-order valence-electron chi connectivity index (χ0n) is 11.1. The highest BCUT2D eigenvalue weighted by Gasteiger charge is 2.61. The zero-order valence-corrected chi connectivity index (χ0v) is 12.0. The molecule has 2 aliphatic heterocycles. The van der Waals surface area contributed by atoms with Gasteiger partial charge in [0.05, 0.1) is 18.9 Å². The van der Waals surface area contributed by atoms with Crippen molar-refractivity contribution < 1.29 is 4.52 Å². The van der Waals surface area contributed by atoms with E-state index in [-0.39, 0.29) is 0 Å². The predicted octanol–water partition coefficient (Wildman–Crippen LogP) is 4.08. The molecule has 0 saturated carbocycles. The molecule has 0 aliphatic carbocycles. The smallest absolute Gasteiger partial charge is 0.151 e. The SMILES string of the molecule is CCO[P+]12Cc3ccccc3C(C)(C1)C(C)C2. The van der Waals surface area contributed by atoms with Crippen molar-refractivity contribution in [3.8, 4) is 0 Å². The van der Waals surface area contributed by atoms with Crippen LogP contribution >= 0.6 is 7.49 Å². The van der Waals surface area contributed by atoms with Crippen LogP contribution in [0.3, 0.4) is 0 Å². The van der Waals surface area contributed by atoms with Crippen LogP contribution < -0.4 is 0 Å². The van der Waals surface area contributed by atoms with Crippen LogP contribution in [0.5, 0.6) is 0 Å². The first-order chi connectivity index (χ1) is 8.10. The van der Waals surface area contributed by atoms with Crippen molar-refractivity contribution in [3.05, 3.63) is 35.4 Å². The number of hydrogen-bond acceptors (Lipinski definition) is 1. The first-order valence-corrected chi connectivity index (χ1v) is 8.95. The second-order valence-electron chi connectivity index (χ2n) is 5.95. The van der Waals surface area contributed by atoms with E-state index < -0.39 is 7.49 Å². The van der Waals surface area contributed by atoms with Gasteiger partial charge in [0.15, 0.2) is 7.49 Å². The Kier molecular flexibility index (Phi) is 2.61. The molecule has 2 heterocycles. The molecule has 1 fully saturated rings. The predicted molar refractivity (Wildman–Crippen MR) is 74.9 cm³/mol. The molecular formula is C15H22OP+. The minimum atomic E-state index is -1.15.